The van der Waals surface area contributed by atoms with Gasteiger partial charge in [-0.3, -0.25) is 9.59 Å². The standard InChI is InChI=1S/C22H24F3N3O5/c1-13(29)18(28-21(32)33-12-15-5-3-2-4-6-15)20(31)27-17(19(26)30)11-14-7-9-16(10-8-14)22(23,24)25/h2-10,13,17-18,29H,11-12H2,1H3,(H2,26,30)(H,27,31)(H,28,32)/t13-,17+,18+/m1/s1. The van der Waals surface area contributed by atoms with Crippen LogP contribution in [0.15, 0.2) is 54.6 Å². The Kier molecular flexibility index (Phi) is 8.80. The van der Waals surface area contributed by atoms with Crippen molar-refractivity contribution in [2.75, 3.05) is 0 Å². The van der Waals surface area contributed by atoms with Crippen LogP contribution in [0.4, 0.5) is 18.0 Å². The van der Waals surface area contributed by atoms with E-state index in [4.69, 9.17) is 10.5 Å². The Labute approximate surface area is 187 Å². The first kappa shape index (κ1) is 25.7. The topological polar surface area (TPSA) is 131 Å². The number of nitrogens with one attached hydrogen (secondary N) is 2. The molecule has 2 aromatic carbocycles. The number of alkyl halides is 3. The van der Waals surface area contributed by atoms with Crippen molar-refractivity contribution in [1.82, 2.24) is 10.6 Å². The number of halogens is 3. The van der Waals surface area contributed by atoms with Crippen LogP contribution >= 0.6 is 0 Å². The zero-order valence-electron chi connectivity index (χ0n) is 17.6. The maximum absolute atomic E-state index is 12.7. The number of rotatable bonds is 9. The van der Waals surface area contributed by atoms with Gasteiger partial charge in [-0.25, -0.2) is 4.79 Å². The van der Waals surface area contributed by atoms with Gasteiger partial charge in [0.2, 0.25) is 11.8 Å². The summed E-state index contributed by atoms with van der Waals surface area (Å²) in [7, 11) is 0. The van der Waals surface area contributed by atoms with Crippen LogP contribution in [0.1, 0.15) is 23.6 Å². The van der Waals surface area contributed by atoms with E-state index in [9.17, 15) is 32.7 Å². The predicted molar refractivity (Wildman–Crippen MR) is 112 cm³/mol. The van der Waals surface area contributed by atoms with Crippen molar-refractivity contribution < 1.29 is 37.4 Å². The second-order valence-electron chi connectivity index (χ2n) is 7.29. The fourth-order valence-corrected chi connectivity index (χ4v) is 2.85. The number of aliphatic hydroxyl groups excluding tert-OH is 1. The molecule has 2 rings (SSSR count). The van der Waals surface area contributed by atoms with Gasteiger partial charge in [-0.05, 0) is 30.2 Å². The minimum absolute atomic E-state index is 0.0708. The number of hydrogen-bond acceptors (Lipinski definition) is 5. The molecule has 0 heterocycles. The molecule has 0 aliphatic rings. The first-order chi connectivity index (χ1) is 15.5. The zero-order chi connectivity index (χ0) is 24.6. The van der Waals surface area contributed by atoms with E-state index in [1.807, 2.05) is 0 Å². The van der Waals surface area contributed by atoms with Crippen molar-refractivity contribution in [2.24, 2.45) is 5.73 Å². The van der Waals surface area contributed by atoms with E-state index in [-0.39, 0.29) is 13.0 Å². The Bertz CT molecular complexity index is 950. The van der Waals surface area contributed by atoms with Gasteiger partial charge in [0.25, 0.3) is 0 Å². The monoisotopic (exact) mass is 467 g/mol. The highest BCUT2D eigenvalue weighted by Gasteiger charge is 2.31. The molecule has 5 N–H and O–H groups in total. The SMILES string of the molecule is C[C@@H](O)[C@H](NC(=O)OCc1ccccc1)C(=O)N[C@@H](Cc1ccc(C(F)(F)F)cc1)C(N)=O. The van der Waals surface area contributed by atoms with E-state index in [0.29, 0.717) is 11.1 Å². The van der Waals surface area contributed by atoms with E-state index >= 15 is 0 Å². The summed E-state index contributed by atoms with van der Waals surface area (Å²) < 4.78 is 43.1. The average Bonchev–Trinajstić information content (AvgIpc) is 2.75. The Balaban J connectivity index is 2.00. The molecule has 0 aliphatic heterocycles. The maximum atomic E-state index is 12.7. The van der Waals surface area contributed by atoms with Crippen LogP contribution < -0.4 is 16.4 Å². The Morgan fingerprint density at radius 3 is 2.12 bits per heavy atom. The van der Waals surface area contributed by atoms with Gasteiger partial charge in [0, 0.05) is 6.42 Å². The van der Waals surface area contributed by atoms with E-state index in [1.165, 1.54) is 6.92 Å². The molecule has 0 radical (unpaired) electrons. The summed E-state index contributed by atoms with van der Waals surface area (Å²) in [5, 5.41) is 14.4. The molecule has 0 spiro atoms. The second kappa shape index (κ2) is 11.3. The molecule has 3 amide bonds. The molecule has 0 unspecified atom stereocenters. The van der Waals surface area contributed by atoms with Gasteiger partial charge in [0.1, 0.15) is 18.7 Å². The van der Waals surface area contributed by atoms with Crippen molar-refractivity contribution >= 4 is 17.9 Å². The lowest BCUT2D eigenvalue weighted by atomic mass is 10.0. The molecule has 178 valence electrons. The average molecular weight is 467 g/mol. The van der Waals surface area contributed by atoms with Crippen LogP contribution in [0.2, 0.25) is 0 Å². The van der Waals surface area contributed by atoms with Crippen LogP contribution in [-0.4, -0.2) is 41.2 Å². The van der Waals surface area contributed by atoms with Crippen molar-refractivity contribution in [1.29, 1.82) is 0 Å². The summed E-state index contributed by atoms with van der Waals surface area (Å²) >= 11 is 0. The highest BCUT2D eigenvalue weighted by Crippen LogP contribution is 2.29. The van der Waals surface area contributed by atoms with Crippen LogP contribution in [0, 0.1) is 0 Å². The Morgan fingerprint density at radius 1 is 1.00 bits per heavy atom. The molecule has 0 saturated heterocycles. The summed E-state index contributed by atoms with van der Waals surface area (Å²) in [6.45, 7) is 1.18. The molecular formula is C22H24F3N3O5. The van der Waals surface area contributed by atoms with E-state index in [0.717, 1.165) is 24.3 Å². The first-order valence-corrected chi connectivity index (χ1v) is 9.88. The van der Waals surface area contributed by atoms with Crippen molar-refractivity contribution in [2.45, 2.75) is 44.3 Å². The minimum atomic E-state index is -4.51. The van der Waals surface area contributed by atoms with Gasteiger partial charge in [-0.1, -0.05) is 42.5 Å². The minimum Gasteiger partial charge on any atom is -0.445 e. The predicted octanol–water partition coefficient (Wildman–Crippen LogP) is 1.89. The number of hydrogen-bond donors (Lipinski definition) is 4. The first-order valence-electron chi connectivity index (χ1n) is 9.88. The zero-order valence-corrected chi connectivity index (χ0v) is 17.6. The molecule has 33 heavy (non-hydrogen) atoms. The Morgan fingerprint density at radius 2 is 1.61 bits per heavy atom. The lowest BCUT2D eigenvalue weighted by Crippen LogP contribution is -2.57. The number of primary amides is 1. The highest BCUT2D eigenvalue weighted by molar-refractivity contribution is 5.91. The summed E-state index contributed by atoms with van der Waals surface area (Å²) in [6.07, 6.45) is -7.03. The number of nitrogens with two attached hydrogens (primary N) is 1. The summed E-state index contributed by atoms with van der Waals surface area (Å²) in [5.41, 5.74) is 5.47. The van der Waals surface area contributed by atoms with Gasteiger partial charge < -0.3 is 26.2 Å². The second-order valence-corrected chi connectivity index (χ2v) is 7.29. The van der Waals surface area contributed by atoms with Crippen molar-refractivity contribution in [3.05, 3.63) is 71.3 Å². The van der Waals surface area contributed by atoms with Crippen LogP contribution in [0.5, 0.6) is 0 Å². The summed E-state index contributed by atoms with van der Waals surface area (Å²) in [5.74, 6) is -1.86. The molecule has 2 aromatic rings. The van der Waals surface area contributed by atoms with Gasteiger partial charge in [-0.15, -0.1) is 0 Å². The smallest absolute Gasteiger partial charge is 0.416 e. The van der Waals surface area contributed by atoms with E-state index < -0.39 is 47.8 Å². The Hall–Kier alpha value is -3.60. The van der Waals surface area contributed by atoms with E-state index in [1.54, 1.807) is 30.3 Å². The van der Waals surface area contributed by atoms with Gasteiger partial charge >= 0.3 is 12.3 Å². The quantitative estimate of drug-likeness (QED) is 0.448. The van der Waals surface area contributed by atoms with Gasteiger partial charge in [0.05, 0.1) is 11.7 Å². The van der Waals surface area contributed by atoms with Crippen LogP contribution in [0.3, 0.4) is 0 Å². The van der Waals surface area contributed by atoms with Crippen molar-refractivity contribution in [3.63, 3.8) is 0 Å². The number of carbonyl (C=O) groups is 3. The number of amides is 3. The third-order valence-corrected chi connectivity index (χ3v) is 4.63. The third kappa shape index (κ3) is 8.11. The molecule has 0 aromatic heterocycles. The summed E-state index contributed by atoms with van der Waals surface area (Å²) in [4.78, 5) is 36.4. The van der Waals surface area contributed by atoms with Crippen LogP contribution in [0.25, 0.3) is 0 Å². The molecule has 0 bridgehead atoms. The maximum Gasteiger partial charge on any atom is 0.416 e. The largest absolute Gasteiger partial charge is 0.445 e. The number of aliphatic hydroxyl groups is 1. The highest BCUT2D eigenvalue weighted by atomic mass is 19.4. The normalized spacial score (nSPS) is 14.0. The summed E-state index contributed by atoms with van der Waals surface area (Å²) in [6, 6.07) is 10.0. The molecule has 0 saturated carbocycles. The lowest BCUT2D eigenvalue weighted by Gasteiger charge is -2.23. The number of ether oxygens (including phenoxy) is 1. The van der Waals surface area contributed by atoms with Gasteiger partial charge in [-0.2, -0.15) is 13.2 Å². The van der Waals surface area contributed by atoms with Crippen molar-refractivity contribution in [3.8, 4) is 0 Å². The molecule has 3 atom stereocenters. The number of alkyl carbamates (subject to hydrolysis) is 1. The molecule has 0 aliphatic carbocycles. The van der Waals surface area contributed by atoms with Gasteiger partial charge in [0.15, 0.2) is 0 Å². The van der Waals surface area contributed by atoms with E-state index in [2.05, 4.69) is 10.6 Å². The lowest BCUT2D eigenvalue weighted by molar-refractivity contribution is -0.137. The third-order valence-electron chi connectivity index (χ3n) is 4.63. The fraction of sp³-hybridized carbons (Fsp3) is 0.318. The molecule has 11 heteroatoms. The fourth-order valence-electron chi connectivity index (χ4n) is 2.85. The number of carbonyl (C=O) groups excluding carboxylic acids is 3. The van der Waals surface area contributed by atoms with Crippen LogP contribution in [-0.2, 0) is 33.5 Å². The molecule has 0 fully saturated rings. The molecule has 8 nitrogen and oxygen atoms in total. The molecular weight excluding hydrogens is 443 g/mol. The number of benzene rings is 2.